The number of hydrogen-bond acceptors (Lipinski definition) is 8. The van der Waals surface area contributed by atoms with E-state index >= 15 is 0 Å². The van der Waals surface area contributed by atoms with Crippen molar-refractivity contribution in [2.24, 2.45) is 5.92 Å². The molecule has 0 heterocycles. The first-order valence-corrected chi connectivity index (χ1v) is 18.3. The molecule has 0 aromatic heterocycles. The monoisotopic (exact) mass is 730 g/mol. The van der Waals surface area contributed by atoms with Gasteiger partial charge < -0.3 is 31.1 Å². The van der Waals surface area contributed by atoms with E-state index in [0.29, 0.717) is 6.42 Å². The van der Waals surface area contributed by atoms with Gasteiger partial charge in [0.2, 0.25) is 23.6 Å². The van der Waals surface area contributed by atoms with Crippen molar-refractivity contribution in [1.29, 1.82) is 0 Å². The Kier molecular flexibility index (Phi) is 16.6. The van der Waals surface area contributed by atoms with Crippen molar-refractivity contribution in [2.75, 3.05) is 19.4 Å². The van der Waals surface area contributed by atoms with Crippen molar-refractivity contribution in [3.05, 3.63) is 120 Å². The highest BCUT2D eigenvalue weighted by Crippen LogP contribution is 2.48. The molecule has 278 valence electrons. The summed E-state index contributed by atoms with van der Waals surface area (Å²) in [6.45, 7) is 6.01. The first kappa shape index (κ1) is 41.5. The number of rotatable bonds is 19. The number of aliphatic hydroxyl groups excluding tert-OH is 1. The van der Waals surface area contributed by atoms with E-state index in [9.17, 15) is 29.1 Å². The average Bonchev–Trinajstić information content (AvgIpc) is 3.14. The van der Waals surface area contributed by atoms with E-state index in [1.165, 1.54) is 21.0 Å². The lowest BCUT2D eigenvalue weighted by molar-refractivity contribution is -0.141. The molecule has 12 heteroatoms. The molecular weight excluding hydrogens is 681 g/mol. The molecule has 0 saturated carbocycles. The molecule has 52 heavy (non-hydrogen) atoms. The molecule has 3 aromatic rings. The van der Waals surface area contributed by atoms with Gasteiger partial charge in [-0.2, -0.15) is 0 Å². The van der Waals surface area contributed by atoms with Crippen LogP contribution in [-0.4, -0.2) is 78.3 Å². The summed E-state index contributed by atoms with van der Waals surface area (Å²) >= 11 is 1.80. The molecule has 0 fully saturated rings. The van der Waals surface area contributed by atoms with E-state index in [1.54, 1.807) is 31.7 Å². The molecule has 0 aliphatic carbocycles. The Morgan fingerprint density at radius 3 is 1.69 bits per heavy atom. The molecule has 11 nitrogen and oxygen atoms in total. The quantitative estimate of drug-likeness (QED) is 0.0538. The van der Waals surface area contributed by atoms with E-state index in [-0.39, 0.29) is 18.9 Å². The number of esters is 1. The lowest BCUT2D eigenvalue weighted by Crippen LogP contribution is -2.56. The lowest BCUT2D eigenvalue weighted by atomic mass is 9.84. The number of nitrogens with one attached hydrogen (secondary N) is 4. The molecule has 4 amide bonds. The van der Waals surface area contributed by atoms with Gasteiger partial charge >= 0.3 is 5.97 Å². The van der Waals surface area contributed by atoms with Gasteiger partial charge in [0.15, 0.2) is 0 Å². The van der Waals surface area contributed by atoms with E-state index in [1.807, 2.05) is 60.7 Å². The predicted octanol–water partition coefficient (Wildman–Crippen LogP) is 3.85. The molecule has 0 unspecified atom stereocenters. The zero-order valence-corrected chi connectivity index (χ0v) is 31.2. The molecule has 5 N–H and O–H groups in total. The minimum absolute atomic E-state index is 0.254. The number of thioether (sulfide) groups is 1. The molecule has 0 spiro atoms. The lowest BCUT2D eigenvalue weighted by Gasteiger charge is -2.35. The van der Waals surface area contributed by atoms with Crippen LogP contribution in [0, 0.1) is 5.92 Å². The fourth-order valence-corrected chi connectivity index (χ4v) is 6.95. The van der Waals surface area contributed by atoms with Gasteiger partial charge in [-0.15, -0.1) is 11.8 Å². The largest absolute Gasteiger partial charge is 0.468 e. The second-order valence-corrected chi connectivity index (χ2v) is 14.0. The Bertz CT molecular complexity index is 1540. The Hall–Kier alpha value is -4.94. The van der Waals surface area contributed by atoms with Gasteiger partial charge in [-0.25, -0.2) is 0 Å². The summed E-state index contributed by atoms with van der Waals surface area (Å²) in [5, 5.41) is 20.6. The Morgan fingerprint density at radius 2 is 1.21 bits per heavy atom. The fraction of sp³-hybridized carbons (Fsp3) is 0.375. The van der Waals surface area contributed by atoms with Crippen LogP contribution in [-0.2, 0) is 33.5 Å². The van der Waals surface area contributed by atoms with Gasteiger partial charge in [-0.3, -0.25) is 24.0 Å². The summed E-state index contributed by atoms with van der Waals surface area (Å²) in [5.41, 5.74) is 3.47. The molecule has 0 bridgehead atoms. The number of carbonyl (C=O) groups excluding carboxylic acids is 5. The number of benzene rings is 3. The van der Waals surface area contributed by atoms with Crippen molar-refractivity contribution < 1.29 is 33.8 Å². The van der Waals surface area contributed by atoms with Crippen LogP contribution in [0.2, 0.25) is 0 Å². The van der Waals surface area contributed by atoms with Crippen LogP contribution in [0.25, 0.3) is 0 Å². The summed E-state index contributed by atoms with van der Waals surface area (Å²) < 4.78 is 4.06. The van der Waals surface area contributed by atoms with E-state index < -0.39 is 58.6 Å². The van der Waals surface area contributed by atoms with E-state index in [4.69, 9.17) is 0 Å². The zero-order chi connectivity index (χ0) is 38.1. The number of aliphatic hydroxyl groups is 1. The Balaban J connectivity index is 1.52. The normalized spacial score (nSPS) is 13.8. The maximum atomic E-state index is 12.8. The van der Waals surface area contributed by atoms with Gasteiger partial charge in [-0.1, -0.05) is 117 Å². The summed E-state index contributed by atoms with van der Waals surface area (Å²) in [4.78, 5) is 62.1. The second-order valence-electron chi connectivity index (χ2n) is 12.7. The van der Waals surface area contributed by atoms with Crippen molar-refractivity contribution in [3.8, 4) is 0 Å². The van der Waals surface area contributed by atoms with Gasteiger partial charge in [0.1, 0.15) is 24.7 Å². The summed E-state index contributed by atoms with van der Waals surface area (Å²) in [5.74, 6) is -2.56. The number of hydrogen-bond donors (Lipinski definition) is 5. The maximum absolute atomic E-state index is 12.8. The van der Waals surface area contributed by atoms with Crippen molar-refractivity contribution >= 4 is 41.4 Å². The summed E-state index contributed by atoms with van der Waals surface area (Å²) in [7, 11) is 1.19. The molecule has 0 saturated heterocycles. The van der Waals surface area contributed by atoms with Crippen molar-refractivity contribution in [1.82, 2.24) is 21.3 Å². The van der Waals surface area contributed by atoms with Crippen LogP contribution >= 0.6 is 11.8 Å². The van der Waals surface area contributed by atoms with Crippen LogP contribution in [0.15, 0.2) is 103 Å². The SMILES string of the molecule is COC(=O)CNC(=O)[C@H](NC(=O)[C@@H](C)NC(=O)[C@@H](C)NC(=O)C[C@H](O)/C=C/CCSC(c1ccccc1)(c1ccccc1)c1ccccc1)C(C)C. The number of allylic oxidation sites excluding steroid dienone is 1. The highest BCUT2D eigenvalue weighted by Gasteiger charge is 2.36. The van der Waals surface area contributed by atoms with Crippen molar-refractivity contribution in [2.45, 2.75) is 69.5 Å². The average molecular weight is 731 g/mol. The molecule has 4 atom stereocenters. The first-order chi connectivity index (χ1) is 24.9. The van der Waals surface area contributed by atoms with Gasteiger partial charge in [-0.05, 0) is 48.6 Å². The van der Waals surface area contributed by atoms with Crippen LogP contribution in [0.5, 0.6) is 0 Å². The highest BCUT2D eigenvalue weighted by molar-refractivity contribution is 8.00. The van der Waals surface area contributed by atoms with Gasteiger partial charge in [0.05, 0.1) is 24.4 Å². The third kappa shape index (κ3) is 12.1. The number of carbonyl (C=O) groups is 5. The molecule has 0 radical (unpaired) electrons. The molecule has 0 aliphatic heterocycles. The number of methoxy groups -OCH3 is 1. The van der Waals surface area contributed by atoms with Crippen LogP contribution in [0.4, 0.5) is 0 Å². The van der Waals surface area contributed by atoms with E-state index in [0.717, 1.165) is 22.4 Å². The smallest absolute Gasteiger partial charge is 0.325 e. The second kappa shape index (κ2) is 20.8. The van der Waals surface area contributed by atoms with Crippen LogP contribution < -0.4 is 21.3 Å². The van der Waals surface area contributed by atoms with E-state index in [2.05, 4.69) is 62.4 Å². The third-order valence-corrected chi connectivity index (χ3v) is 9.88. The summed E-state index contributed by atoms with van der Waals surface area (Å²) in [6, 6.07) is 28.1. The topological polar surface area (TPSA) is 163 Å². The Labute approximate surface area is 310 Å². The highest BCUT2D eigenvalue weighted by atomic mass is 32.2. The maximum Gasteiger partial charge on any atom is 0.325 e. The zero-order valence-electron chi connectivity index (χ0n) is 30.3. The first-order valence-electron chi connectivity index (χ1n) is 17.3. The van der Waals surface area contributed by atoms with Crippen molar-refractivity contribution in [3.63, 3.8) is 0 Å². The van der Waals surface area contributed by atoms with Crippen LogP contribution in [0.3, 0.4) is 0 Å². The molecule has 0 aliphatic rings. The Morgan fingerprint density at radius 1 is 0.731 bits per heavy atom. The molecule has 3 aromatic carbocycles. The minimum atomic E-state index is -1.06. The number of ether oxygens (including phenoxy) is 1. The summed E-state index contributed by atoms with van der Waals surface area (Å²) in [6.07, 6.45) is 2.76. The standard InChI is InChI=1S/C40H50N4O7S/c1-27(2)36(39(50)41-26-35(47)51-5)44-38(49)29(4)43-37(48)28(3)42-34(46)25-33(45)23-15-16-24-52-40(30-17-9-6-10-18-30,31-19-11-7-12-20-31)32-21-13-8-14-22-32/h6-15,17-23,27-29,33,36,45H,16,24-26H2,1-5H3,(H,41,50)(H,42,46)(H,43,48)(H,44,49)/b23-15+/t28-,29-,33-,36-/m1/s1. The fourth-order valence-electron chi connectivity index (χ4n) is 5.48. The molecular formula is C40H50N4O7S. The van der Waals surface area contributed by atoms with Gasteiger partial charge in [0, 0.05) is 0 Å². The third-order valence-electron chi connectivity index (χ3n) is 8.30. The van der Waals surface area contributed by atoms with Gasteiger partial charge in [0.25, 0.3) is 0 Å². The minimum Gasteiger partial charge on any atom is -0.468 e. The number of amides is 4. The predicted molar refractivity (Wildman–Crippen MR) is 203 cm³/mol. The molecule has 3 rings (SSSR count). The van der Waals surface area contributed by atoms with Crippen LogP contribution in [0.1, 0.15) is 57.2 Å².